The minimum atomic E-state index is 0.247. The average molecular weight is 295 g/mol. The summed E-state index contributed by atoms with van der Waals surface area (Å²) in [6, 6.07) is 0. The fraction of sp³-hybridized carbons (Fsp3) is 0.769. The number of likely N-dealkylation sites (N-methyl/N-ethyl adjacent to an activating group) is 1. The molecule has 0 atom stereocenters. The Hall–Kier alpha value is -1.67. The number of morpholine rings is 1. The van der Waals surface area contributed by atoms with Gasteiger partial charge >= 0.3 is 0 Å². The van der Waals surface area contributed by atoms with Crippen LogP contribution in [0.4, 0.5) is 17.8 Å². The Balaban J connectivity index is 1.94. The molecule has 21 heavy (non-hydrogen) atoms. The number of hydrogen-bond donors (Lipinski definition) is 2. The molecule has 0 aromatic carbocycles. The zero-order valence-corrected chi connectivity index (χ0v) is 12.9. The Labute approximate surface area is 125 Å². The number of nitrogens with one attached hydrogen (secondary N) is 1. The number of nitrogens with zero attached hydrogens (tertiary/aromatic N) is 5. The second kappa shape index (κ2) is 7.94. The van der Waals surface area contributed by atoms with Gasteiger partial charge in [0.2, 0.25) is 17.8 Å². The van der Waals surface area contributed by atoms with Crippen molar-refractivity contribution in [1.82, 2.24) is 19.9 Å². The van der Waals surface area contributed by atoms with Crippen LogP contribution in [0.5, 0.6) is 0 Å². The molecule has 1 aliphatic heterocycles. The van der Waals surface area contributed by atoms with Gasteiger partial charge in [-0.1, -0.05) is 13.8 Å². The zero-order valence-electron chi connectivity index (χ0n) is 12.9. The van der Waals surface area contributed by atoms with Crippen LogP contribution in [0.3, 0.4) is 0 Å². The van der Waals surface area contributed by atoms with Gasteiger partial charge in [0.15, 0.2) is 0 Å². The molecule has 1 saturated heterocycles. The quantitative estimate of drug-likeness (QED) is 0.728. The van der Waals surface area contributed by atoms with Crippen molar-refractivity contribution in [2.75, 3.05) is 68.4 Å². The van der Waals surface area contributed by atoms with Gasteiger partial charge in [0.1, 0.15) is 0 Å². The normalized spacial score (nSPS) is 15.5. The summed E-state index contributed by atoms with van der Waals surface area (Å²) in [5.41, 5.74) is 5.78. The first-order valence-corrected chi connectivity index (χ1v) is 7.53. The molecule has 1 fully saturated rings. The standard InChI is InChI=1S/C13H25N7O/c1-3-19(4-2)6-5-15-12-16-11(14)17-13(18-12)20-7-9-21-10-8-20/h3-10H2,1-2H3,(H3,14,15,16,17,18). The SMILES string of the molecule is CCN(CC)CCNc1nc(N)nc(N2CCOCC2)n1. The number of nitrogens with two attached hydrogens (primary N) is 1. The number of ether oxygens (including phenoxy) is 1. The van der Waals surface area contributed by atoms with Gasteiger partial charge < -0.3 is 25.6 Å². The molecule has 1 aliphatic rings. The summed E-state index contributed by atoms with van der Waals surface area (Å²) in [6.07, 6.45) is 0. The Morgan fingerprint density at radius 2 is 1.90 bits per heavy atom. The molecule has 8 heteroatoms. The van der Waals surface area contributed by atoms with Crippen LogP contribution in [0.25, 0.3) is 0 Å². The van der Waals surface area contributed by atoms with E-state index in [0.29, 0.717) is 25.1 Å². The van der Waals surface area contributed by atoms with Crippen LogP contribution in [-0.4, -0.2) is 72.3 Å². The van der Waals surface area contributed by atoms with Crippen molar-refractivity contribution in [2.45, 2.75) is 13.8 Å². The Morgan fingerprint density at radius 3 is 2.57 bits per heavy atom. The fourth-order valence-corrected chi connectivity index (χ4v) is 2.23. The van der Waals surface area contributed by atoms with Gasteiger partial charge in [0.25, 0.3) is 0 Å². The highest BCUT2D eigenvalue weighted by Crippen LogP contribution is 2.13. The van der Waals surface area contributed by atoms with E-state index in [4.69, 9.17) is 10.5 Å². The van der Waals surface area contributed by atoms with E-state index in [1.165, 1.54) is 0 Å². The number of hydrogen-bond acceptors (Lipinski definition) is 8. The topological polar surface area (TPSA) is 92.4 Å². The molecule has 8 nitrogen and oxygen atoms in total. The maximum absolute atomic E-state index is 5.78. The lowest BCUT2D eigenvalue weighted by molar-refractivity contribution is 0.122. The van der Waals surface area contributed by atoms with Crippen molar-refractivity contribution in [1.29, 1.82) is 0 Å². The Bertz CT molecular complexity index is 433. The second-order valence-corrected chi connectivity index (χ2v) is 4.87. The lowest BCUT2D eigenvalue weighted by Crippen LogP contribution is -2.37. The van der Waals surface area contributed by atoms with E-state index < -0.39 is 0 Å². The van der Waals surface area contributed by atoms with Gasteiger partial charge in [-0.2, -0.15) is 15.0 Å². The third-order valence-electron chi connectivity index (χ3n) is 3.54. The van der Waals surface area contributed by atoms with Crippen LogP contribution in [0.2, 0.25) is 0 Å². The first kappa shape index (κ1) is 15.7. The molecular weight excluding hydrogens is 270 g/mol. The first-order chi connectivity index (χ1) is 10.2. The van der Waals surface area contributed by atoms with E-state index in [-0.39, 0.29) is 5.95 Å². The summed E-state index contributed by atoms with van der Waals surface area (Å²) in [4.78, 5) is 17.2. The smallest absolute Gasteiger partial charge is 0.232 e. The van der Waals surface area contributed by atoms with Gasteiger partial charge in [0, 0.05) is 26.2 Å². The second-order valence-electron chi connectivity index (χ2n) is 4.87. The number of aromatic nitrogens is 3. The molecule has 1 aromatic heterocycles. The third-order valence-corrected chi connectivity index (χ3v) is 3.54. The number of rotatable bonds is 7. The molecule has 0 bridgehead atoms. The number of anilines is 3. The van der Waals surface area contributed by atoms with E-state index in [9.17, 15) is 0 Å². The maximum atomic E-state index is 5.78. The molecule has 2 heterocycles. The molecule has 0 unspecified atom stereocenters. The van der Waals surface area contributed by atoms with Crippen LogP contribution in [0.1, 0.15) is 13.8 Å². The highest BCUT2D eigenvalue weighted by atomic mass is 16.5. The molecule has 3 N–H and O–H groups in total. The molecule has 0 spiro atoms. The molecule has 0 aliphatic carbocycles. The van der Waals surface area contributed by atoms with Crippen LogP contribution in [0.15, 0.2) is 0 Å². The predicted molar refractivity (Wildman–Crippen MR) is 83.5 cm³/mol. The minimum absolute atomic E-state index is 0.247. The monoisotopic (exact) mass is 295 g/mol. The van der Waals surface area contributed by atoms with E-state index in [2.05, 4.69) is 43.9 Å². The summed E-state index contributed by atoms with van der Waals surface area (Å²) in [5.74, 6) is 1.41. The maximum Gasteiger partial charge on any atom is 0.232 e. The van der Waals surface area contributed by atoms with Gasteiger partial charge in [-0.05, 0) is 13.1 Å². The van der Waals surface area contributed by atoms with Crippen LogP contribution < -0.4 is 16.0 Å². The summed E-state index contributed by atoms with van der Waals surface area (Å²) in [5, 5.41) is 3.22. The Kier molecular flexibility index (Phi) is 5.94. The van der Waals surface area contributed by atoms with Crippen molar-refractivity contribution >= 4 is 17.8 Å². The minimum Gasteiger partial charge on any atom is -0.378 e. The molecule has 0 amide bonds. The number of nitrogen functional groups attached to an aromatic ring is 1. The first-order valence-electron chi connectivity index (χ1n) is 7.53. The lowest BCUT2D eigenvalue weighted by atomic mass is 10.4. The van der Waals surface area contributed by atoms with Crippen LogP contribution in [0, 0.1) is 0 Å². The van der Waals surface area contributed by atoms with E-state index >= 15 is 0 Å². The third kappa shape index (κ3) is 4.68. The summed E-state index contributed by atoms with van der Waals surface area (Å²) in [6.45, 7) is 11.1. The summed E-state index contributed by atoms with van der Waals surface area (Å²) in [7, 11) is 0. The van der Waals surface area contributed by atoms with Crippen LogP contribution >= 0.6 is 0 Å². The summed E-state index contributed by atoms with van der Waals surface area (Å²) < 4.78 is 5.33. The average Bonchev–Trinajstić information content (AvgIpc) is 2.52. The molecule has 1 aromatic rings. The largest absolute Gasteiger partial charge is 0.378 e. The highest BCUT2D eigenvalue weighted by molar-refractivity contribution is 5.42. The lowest BCUT2D eigenvalue weighted by Gasteiger charge is -2.27. The van der Waals surface area contributed by atoms with Gasteiger partial charge in [-0.3, -0.25) is 0 Å². The van der Waals surface area contributed by atoms with E-state index in [1.807, 2.05) is 0 Å². The molecule has 118 valence electrons. The van der Waals surface area contributed by atoms with Gasteiger partial charge in [-0.25, -0.2) is 0 Å². The van der Waals surface area contributed by atoms with Crippen LogP contribution in [-0.2, 0) is 4.74 Å². The zero-order chi connectivity index (χ0) is 15.1. The van der Waals surface area contributed by atoms with Crippen molar-refractivity contribution in [3.63, 3.8) is 0 Å². The van der Waals surface area contributed by atoms with Crippen molar-refractivity contribution in [3.8, 4) is 0 Å². The molecule has 0 radical (unpaired) electrons. The fourth-order valence-electron chi connectivity index (χ4n) is 2.23. The van der Waals surface area contributed by atoms with Crippen molar-refractivity contribution in [3.05, 3.63) is 0 Å². The van der Waals surface area contributed by atoms with E-state index in [1.54, 1.807) is 0 Å². The summed E-state index contributed by atoms with van der Waals surface area (Å²) >= 11 is 0. The van der Waals surface area contributed by atoms with E-state index in [0.717, 1.165) is 39.3 Å². The van der Waals surface area contributed by atoms with Gasteiger partial charge in [0.05, 0.1) is 13.2 Å². The van der Waals surface area contributed by atoms with Crippen molar-refractivity contribution in [2.24, 2.45) is 0 Å². The molecular formula is C13H25N7O. The molecule has 2 rings (SSSR count). The highest BCUT2D eigenvalue weighted by Gasteiger charge is 2.15. The Morgan fingerprint density at radius 1 is 1.19 bits per heavy atom. The predicted octanol–water partition coefficient (Wildman–Crippen LogP) is 0.0441. The molecule has 0 saturated carbocycles. The van der Waals surface area contributed by atoms with Gasteiger partial charge in [-0.15, -0.1) is 0 Å². The van der Waals surface area contributed by atoms with Crippen molar-refractivity contribution < 1.29 is 4.74 Å².